The molecule has 8 atom stereocenters. The zero-order valence-corrected chi connectivity index (χ0v) is 17.4. The van der Waals surface area contributed by atoms with Crippen molar-refractivity contribution in [3.63, 3.8) is 0 Å². The number of rotatable bonds is 4. The molecule has 1 unspecified atom stereocenters. The number of amides is 1. The first-order valence-electron chi connectivity index (χ1n) is 10.9. The monoisotopic (exact) mass is 379 g/mol. The molecule has 4 aliphatic rings. The average Bonchev–Trinajstić information content (AvgIpc) is 2.64. The summed E-state index contributed by atoms with van der Waals surface area (Å²) in [4.78, 5) is 17.9. The fourth-order valence-corrected chi connectivity index (χ4v) is 7.64. The summed E-state index contributed by atoms with van der Waals surface area (Å²) < 4.78 is 5.29. The Hall–Kier alpha value is -0.650. The van der Waals surface area contributed by atoms with Gasteiger partial charge in [-0.15, -0.1) is 0 Å². The van der Waals surface area contributed by atoms with Crippen molar-refractivity contribution >= 4 is 5.91 Å². The van der Waals surface area contributed by atoms with E-state index in [2.05, 4.69) is 6.92 Å². The molecule has 4 rings (SSSR count). The molecule has 0 heterocycles. The van der Waals surface area contributed by atoms with Gasteiger partial charge in [-0.05, 0) is 86.4 Å². The third kappa shape index (κ3) is 3.05. The number of hydrogen-bond acceptors (Lipinski definition) is 4. The van der Waals surface area contributed by atoms with E-state index < -0.39 is 5.60 Å². The number of hydrogen-bond donors (Lipinski definition) is 1. The molecule has 0 saturated heterocycles. The summed E-state index contributed by atoms with van der Waals surface area (Å²) in [6.45, 7) is 2.83. The Morgan fingerprint density at radius 3 is 2.56 bits per heavy atom. The molecule has 27 heavy (non-hydrogen) atoms. The minimum absolute atomic E-state index is 0.129. The van der Waals surface area contributed by atoms with Gasteiger partial charge in [0.25, 0.3) is 0 Å². The first kappa shape index (κ1) is 19.7. The molecule has 5 heteroatoms. The molecule has 4 aliphatic carbocycles. The van der Waals surface area contributed by atoms with Gasteiger partial charge in [-0.1, -0.05) is 6.92 Å². The smallest absolute Gasteiger partial charge is 0.249 e. The third-order valence-electron chi connectivity index (χ3n) is 9.12. The summed E-state index contributed by atoms with van der Waals surface area (Å²) in [7, 11) is 5.00. The van der Waals surface area contributed by atoms with Gasteiger partial charge >= 0.3 is 0 Å². The fraction of sp³-hybridized carbons (Fsp3) is 0.955. The highest BCUT2D eigenvalue weighted by atomic mass is 16.7. The topological polar surface area (TPSA) is 59.0 Å². The van der Waals surface area contributed by atoms with Crippen molar-refractivity contribution in [2.24, 2.45) is 40.9 Å². The second kappa shape index (κ2) is 7.00. The molecule has 1 amide bonds. The molecule has 0 aromatic carbocycles. The number of carbonyl (C=O) groups excluding carboxylic acids is 1. The van der Waals surface area contributed by atoms with Crippen LogP contribution < -0.4 is 0 Å². The Morgan fingerprint density at radius 2 is 1.85 bits per heavy atom. The van der Waals surface area contributed by atoms with E-state index in [1.165, 1.54) is 30.7 Å². The quantitative estimate of drug-likeness (QED) is 0.762. The third-order valence-corrected chi connectivity index (χ3v) is 9.12. The maximum atomic E-state index is 12.7. The van der Waals surface area contributed by atoms with Crippen LogP contribution in [0, 0.1) is 40.9 Å². The van der Waals surface area contributed by atoms with E-state index in [9.17, 15) is 9.90 Å². The van der Waals surface area contributed by atoms with Gasteiger partial charge in [0, 0.05) is 20.1 Å². The first-order valence-corrected chi connectivity index (χ1v) is 10.9. The molecule has 4 saturated carbocycles. The maximum Gasteiger partial charge on any atom is 0.249 e. The predicted octanol–water partition coefficient (Wildman–Crippen LogP) is 3.26. The zero-order chi connectivity index (χ0) is 19.4. The summed E-state index contributed by atoms with van der Waals surface area (Å²) in [5.74, 6) is 3.97. The summed E-state index contributed by atoms with van der Waals surface area (Å²) >= 11 is 0. The predicted molar refractivity (Wildman–Crippen MR) is 103 cm³/mol. The molecule has 0 aromatic rings. The number of methoxy groups -OCH3 is 1. The van der Waals surface area contributed by atoms with Crippen LogP contribution in [0.5, 0.6) is 0 Å². The molecule has 0 spiro atoms. The second-order valence-corrected chi connectivity index (χ2v) is 10.2. The van der Waals surface area contributed by atoms with Gasteiger partial charge in [0.15, 0.2) is 0 Å². The van der Waals surface area contributed by atoms with E-state index in [4.69, 9.17) is 9.57 Å². The summed E-state index contributed by atoms with van der Waals surface area (Å²) in [5, 5.41) is 12.3. The van der Waals surface area contributed by atoms with E-state index in [1.807, 2.05) is 0 Å². The van der Waals surface area contributed by atoms with Crippen LogP contribution in [0.1, 0.15) is 58.3 Å². The number of carbonyl (C=O) groups is 1. The Balaban J connectivity index is 1.45. The number of ether oxygens (including phenoxy) is 1. The molecule has 0 aliphatic heterocycles. The summed E-state index contributed by atoms with van der Waals surface area (Å²) in [6, 6.07) is 0. The van der Waals surface area contributed by atoms with Crippen molar-refractivity contribution in [2.75, 3.05) is 27.9 Å². The van der Waals surface area contributed by atoms with Crippen LogP contribution in [0.3, 0.4) is 0 Å². The van der Waals surface area contributed by atoms with Crippen molar-refractivity contribution < 1.29 is 19.5 Å². The Labute approximate surface area is 163 Å². The molecule has 0 aromatic heterocycles. The molecule has 4 fully saturated rings. The SMILES string of the molecule is COC[C@@]1(O)CC[C@H]2[C@H](CC[C@@H]3[C@@H]2CC[C@]2(C)C(C(=O)N(C)OC)C[C@@H]32)C1. The van der Waals surface area contributed by atoms with Gasteiger partial charge in [0.05, 0.1) is 19.3 Å². The number of fused-ring (bicyclic) bond motifs is 5. The van der Waals surface area contributed by atoms with E-state index in [-0.39, 0.29) is 17.2 Å². The maximum absolute atomic E-state index is 12.7. The van der Waals surface area contributed by atoms with E-state index >= 15 is 0 Å². The lowest BCUT2D eigenvalue weighted by Gasteiger charge is -2.65. The van der Waals surface area contributed by atoms with Gasteiger partial charge in [-0.25, -0.2) is 5.06 Å². The molecule has 1 N–H and O–H groups in total. The number of hydroxylamine groups is 2. The molecule has 5 nitrogen and oxygen atoms in total. The molecule has 154 valence electrons. The zero-order valence-electron chi connectivity index (χ0n) is 17.4. The molecular formula is C22H37NO4. The molecule has 0 radical (unpaired) electrons. The lowest BCUT2D eigenvalue weighted by atomic mass is 9.40. The van der Waals surface area contributed by atoms with E-state index in [0.29, 0.717) is 18.4 Å². The van der Waals surface area contributed by atoms with Gasteiger partial charge < -0.3 is 9.84 Å². The van der Waals surface area contributed by atoms with E-state index in [0.717, 1.165) is 43.4 Å². The Bertz CT molecular complexity index is 583. The van der Waals surface area contributed by atoms with Crippen LogP contribution in [-0.4, -0.2) is 49.6 Å². The standard InChI is InChI=1S/C22H37NO4/c1-21-9-7-16-15-8-10-22(25,13-26-3)12-14(15)5-6-17(16)18(21)11-19(21)20(24)23(2)27-4/h14-19,25H,5-13H2,1-4H3/t14-,15+,16-,17-,18+,19?,21+,22-/m1/s1. The molecular weight excluding hydrogens is 342 g/mol. The minimum Gasteiger partial charge on any atom is -0.387 e. The van der Waals surface area contributed by atoms with Crippen LogP contribution in [0.15, 0.2) is 0 Å². The Kier molecular flexibility index (Phi) is 5.09. The number of aliphatic hydroxyl groups is 1. The average molecular weight is 380 g/mol. The van der Waals surface area contributed by atoms with Crippen LogP contribution in [0.25, 0.3) is 0 Å². The van der Waals surface area contributed by atoms with Crippen molar-refractivity contribution in [3.05, 3.63) is 0 Å². The highest BCUT2D eigenvalue weighted by molar-refractivity contribution is 5.79. The normalized spacial score (nSPS) is 48.6. The lowest BCUT2D eigenvalue weighted by molar-refractivity contribution is -0.209. The highest BCUT2D eigenvalue weighted by Crippen LogP contribution is 2.67. The lowest BCUT2D eigenvalue weighted by Crippen LogP contribution is -2.61. The van der Waals surface area contributed by atoms with Gasteiger partial charge in [0.1, 0.15) is 0 Å². The largest absolute Gasteiger partial charge is 0.387 e. The van der Waals surface area contributed by atoms with Crippen LogP contribution in [-0.2, 0) is 14.4 Å². The molecule has 0 bridgehead atoms. The summed E-state index contributed by atoms with van der Waals surface area (Å²) in [5.41, 5.74) is -0.450. The first-order chi connectivity index (χ1) is 12.8. The Morgan fingerprint density at radius 1 is 1.11 bits per heavy atom. The van der Waals surface area contributed by atoms with Gasteiger partial charge in [-0.2, -0.15) is 0 Å². The van der Waals surface area contributed by atoms with E-state index in [1.54, 1.807) is 21.3 Å². The van der Waals surface area contributed by atoms with Crippen molar-refractivity contribution in [3.8, 4) is 0 Å². The van der Waals surface area contributed by atoms with Crippen molar-refractivity contribution in [2.45, 2.75) is 63.9 Å². The van der Waals surface area contributed by atoms with Crippen LogP contribution in [0.4, 0.5) is 0 Å². The minimum atomic E-state index is -0.606. The second-order valence-electron chi connectivity index (χ2n) is 10.2. The van der Waals surface area contributed by atoms with Crippen LogP contribution >= 0.6 is 0 Å². The van der Waals surface area contributed by atoms with Gasteiger partial charge in [0.2, 0.25) is 5.91 Å². The number of nitrogens with zero attached hydrogens (tertiary/aromatic N) is 1. The highest BCUT2D eigenvalue weighted by Gasteiger charge is 2.63. The fourth-order valence-electron chi connectivity index (χ4n) is 7.64. The summed E-state index contributed by atoms with van der Waals surface area (Å²) in [6.07, 6.45) is 8.90. The van der Waals surface area contributed by atoms with Crippen molar-refractivity contribution in [1.29, 1.82) is 0 Å². The van der Waals surface area contributed by atoms with Gasteiger partial charge in [-0.3, -0.25) is 9.63 Å². The van der Waals surface area contributed by atoms with Crippen molar-refractivity contribution in [1.82, 2.24) is 5.06 Å². The van der Waals surface area contributed by atoms with Crippen LogP contribution in [0.2, 0.25) is 0 Å².